The van der Waals surface area contributed by atoms with Crippen molar-refractivity contribution in [1.82, 2.24) is 5.32 Å². The third-order valence-electron chi connectivity index (χ3n) is 2.79. The van der Waals surface area contributed by atoms with E-state index >= 15 is 0 Å². The lowest BCUT2D eigenvalue weighted by Crippen LogP contribution is -2.14. The van der Waals surface area contributed by atoms with E-state index in [9.17, 15) is 9.90 Å². The number of carboxylic acids is 1. The molecular formula is C12H19NO3. The van der Waals surface area contributed by atoms with Crippen LogP contribution >= 0.6 is 0 Å². The third-order valence-corrected chi connectivity index (χ3v) is 2.79. The number of nitrogens with one attached hydrogen (secondary N) is 1. The molecule has 0 saturated heterocycles. The molecule has 0 amide bonds. The molecule has 0 fully saturated rings. The van der Waals surface area contributed by atoms with E-state index in [0.29, 0.717) is 17.9 Å². The fraction of sp³-hybridized carbons (Fsp3) is 0.583. The van der Waals surface area contributed by atoms with Gasteiger partial charge in [0.25, 0.3) is 0 Å². The normalized spacial score (nSPS) is 12.7. The molecular weight excluding hydrogens is 206 g/mol. The summed E-state index contributed by atoms with van der Waals surface area (Å²) in [5.41, 5.74) is 1.12. The first-order chi connectivity index (χ1) is 7.61. The van der Waals surface area contributed by atoms with Gasteiger partial charge in [-0.1, -0.05) is 20.8 Å². The van der Waals surface area contributed by atoms with Gasteiger partial charge in [-0.05, 0) is 18.9 Å². The standard InChI is InChI=1S/C12H19NO3/c1-4-8(3)9-7-16-10(6-13-5-2)11(9)12(14)15/h7-8,13H,4-6H2,1-3H3,(H,14,15). The highest BCUT2D eigenvalue weighted by molar-refractivity contribution is 5.90. The molecule has 1 aromatic rings. The summed E-state index contributed by atoms with van der Waals surface area (Å²) in [5.74, 6) is -0.174. The third kappa shape index (κ3) is 2.64. The second-order valence-corrected chi connectivity index (χ2v) is 3.88. The molecule has 2 N–H and O–H groups in total. The van der Waals surface area contributed by atoms with Gasteiger partial charge >= 0.3 is 5.97 Å². The van der Waals surface area contributed by atoms with E-state index in [0.717, 1.165) is 18.5 Å². The van der Waals surface area contributed by atoms with E-state index < -0.39 is 5.97 Å². The second-order valence-electron chi connectivity index (χ2n) is 3.88. The Labute approximate surface area is 95.7 Å². The Balaban J connectivity index is 3.02. The smallest absolute Gasteiger partial charge is 0.339 e. The zero-order valence-corrected chi connectivity index (χ0v) is 10.0. The van der Waals surface area contributed by atoms with Gasteiger partial charge in [-0.15, -0.1) is 0 Å². The average Bonchev–Trinajstić information content (AvgIpc) is 2.68. The van der Waals surface area contributed by atoms with Crippen molar-refractivity contribution in [2.45, 2.75) is 39.7 Å². The second kappa shape index (κ2) is 5.70. The monoisotopic (exact) mass is 225 g/mol. The highest BCUT2D eigenvalue weighted by Crippen LogP contribution is 2.27. The number of carboxylic acid groups (broad SMARTS) is 1. The minimum atomic E-state index is -0.906. The predicted octanol–water partition coefficient (Wildman–Crippen LogP) is 2.60. The van der Waals surface area contributed by atoms with Gasteiger partial charge in [-0.3, -0.25) is 0 Å². The Morgan fingerprint density at radius 2 is 2.25 bits per heavy atom. The van der Waals surface area contributed by atoms with Crippen molar-refractivity contribution in [3.05, 3.63) is 23.2 Å². The zero-order valence-electron chi connectivity index (χ0n) is 10.0. The van der Waals surface area contributed by atoms with Crippen LogP contribution in [0.2, 0.25) is 0 Å². The minimum absolute atomic E-state index is 0.213. The van der Waals surface area contributed by atoms with Crippen LogP contribution in [0.5, 0.6) is 0 Å². The maximum Gasteiger partial charge on any atom is 0.339 e. The molecule has 1 aromatic heterocycles. The summed E-state index contributed by atoms with van der Waals surface area (Å²) in [6, 6.07) is 0. The molecule has 4 nitrogen and oxygen atoms in total. The van der Waals surface area contributed by atoms with Crippen LogP contribution in [-0.4, -0.2) is 17.6 Å². The molecule has 0 saturated carbocycles. The summed E-state index contributed by atoms with van der Waals surface area (Å²) in [4.78, 5) is 11.2. The Kier molecular flexibility index (Phi) is 4.55. The van der Waals surface area contributed by atoms with Crippen molar-refractivity contribution >= 4 is 5.97 Å². The summed E-state index contributed by atoms with van der Waals surface area (Å²) in [7, 11) is 0. The molecule has 1 heterocycles. The molecule has 16 heavy (non-hydrogen) atoms. The fourth-order valence-corrected chi connectivity index (χ4v) is 1.61. The van der Waals surface area contributed by atoms with Gasteiger partial charge in [-0.25, -0.2) is 4.79 Å². The van der Waals surface area contributed by atoms with Gasteiger partial charge in [0.2, 0.25) is 0 Å². The number of rotatable bonds is 6. The fourth-order valence-electron chi connectivity index (χ4n) is 1.61. The summed E-state index contributed by atoms with van der Waals surface area (Å²) < 4.78 is 5.34. The van der Waals surface area contributed by atoms with E-state index in [1.807, 2.05) is 20.8 Å². The van der Waals surface area contributed by atoms with Crippen LogP contribution in [0.3, 0.4) is 0 Å². The number of hydrogen-bond acceptors (Lipinski definition) is 3. The first kappa shape index (κ1) is 12.8. The quantitative estimate of drug-likeness (QED) is 0.781. The van der Waals surface area contributed by atoms with E-state index in [1.54, 1.807) is 6.26 Å². The largest absolute Gasteiger partial charge is 0.478 e. The number of furan rings is 1. The predicted molar refractivity (Wildman–Crippen MR) is 61.8 cm³/mol. The summed E-state index contributed by atoms with van der Waals surface area (Å²) in [6.45, 7) is 7.27. The van der Waals surface area contributed by atoms with Crippen molar-refractivity contribution in [2.75, 3.05) is 6.54 Å². The number of carbonyl (C=O) groups is 1. The maximum atomic E-state index is 11.2. The Hall–Kier alpha value is -1.29. The molecule has 0 aliphatic carbocycles. The molecule has 0 bridgehead atoms. The van der Waals surface area contributed by atoms with Gasteiger partial charge in [0.15, 0.2) is 0 Å². The van der Waals surface area contributed by atoms with Gasteiger partial charge in [0.05, 0.1) is 12.8 Å². The molecule has 1 atom stereocenters. The van der Waals surface area contributed by atoms with Crippen LogP contribution in [0.25, 0.3) is 0 Å². The first-order valence-corrected chi connectivity index (χ1v) is 5.66. The minimum Gasteiger partial charge on any atom is -0.478 e. The van der Waals surface area contributed by atoms with Crippen LogP contribution in [0.4, 0.5) is 0 Å². The lowest BCUT2D eigenvalue weighted by atomic mass is 9.96. The average molecular weight is 225 g/mol. The Morgan fingerprint density at radius 3 is 2.75 bits per heavy atom. The topological polar surface area (TPSA) is 62.5 Å². The van der Waals surface area contributed by atoms with E-state index in [-0.39, 0.29) is 5.92 Å². The van der Waals surface area contributed by atoms with Crippen LogP contribution in [0.15, 0.2) is 10.7 Å². The summed E-state index contributed by atoms with van der Waals surface area (Å²) in [6.07, 6.45) is 2.48. The summed E-state index contributed by atoms with van der Waals surface area (Å²) >= 11 is 0. The van der Waals surface area contributed by atoms with E-state index in [2.05, 4.69) is 5.32 Å². The molecule has 0 aromatic carbocycles. The molecule has 4 heteroatoms. The Bertz CT molecular complexity index is 357. The highest BCUT2D eigenvalue weighted by atomic mass is 16.4. The molecule has 0 aliphatic heterocycles. The first-order valence-electron chi connectivity index (χ1n) is 5.66. The molecule has 1 unspecified atom stereocenters. The van der Waals surface area contributed by atoms with E-state index in [1.165, 1.54) is 0 Å². The SMILES string of the molecule is CCNCc1occ(C(C)CC)c1C(=O)O. The van der Waals surface area contributed by atoms with Gasteiger partial charge in [-0.2, -0.15) is 0 Å². The molecule has 0 radical (unpaired) electrons. The van der Waals surface area contributed by atoms with Gasteiger partial charge in [0, 0.05) is 5.56 Å². The van der Waals surface area contributed by atoms with Gasteiger partial charge in [0.1, 0.15) is 11.3 Å². The van der Waals surface area contributed by atoms with Crippen LogP contribution in [0.1, 0.15) is 54.8 Å². The van der Waals surface area contributed by atoms with E-state index in [4.69, 9.17) is 4.42 Å². The lowest BCUT2D eigenvalue weighted by Gasteiger charge is -2.07. The van der Waals surface area contributed by atoms with Crippen molar-refractivity contribution < 1.29 is 14.3 Å². The van der Waals surface area contributed by atoms with Crippen LogP contribution in [0, 0.1) is 0 Å². The maximum absolute atomic E-state index is 11.2. The van der Waals surface area contributed by atoms with Crippen molar-refractivity contribution in [2.24, 2.45) is 0 Å². The highest BCUT2D eigenvalue weighted by Gasteiger charge is 2.22. The molecule has 0 spiro atoms. The van der Waals surface area contributed by atoms with Gasteiger partial charge < -0.3 is 14.8 Å². The zero-order chi connectivity index (χ0) is 12.1. The Morgan fingerprint density at radius 1 is 1.56 bits per heavy atom. The molecule has 0 aliphatic rings. The van der Waals surface area contributed by atoms with Crippen LogP contribution < -0.4 is 5.32 Å². The number of hydrogen-bond donors (Lipinski definition) is 2. The summed E-state index contributed by atoms with van der Waals surface area (Å²) in [5, 5.41) is 12.3. The number of aromatic carboxylic acids is 1. The molecule has 90 valence electrons. The van der Waals surface area contributed by atoms with Crippen molar-refractivity contribution in [1.29, 1.82) is 0 Å². The van der Waals surface area contributed by atoms with Crippen molar-refractivity contribution in [3.63, 3.8) is 0 Å². The molecule has 1 rings (SSSR count). The lowest BCUT2D eigenvalue weighted by molar-refractivity contribution is 0.0692. The van der Waals surface area contributed by atoms with Crippen LogP contribution in [-0.2, 0) is 6.54 Å². The van der Waals surface area contributed by atoms with Crippen molar-refractivity contribution in [3.8, 4) is 0 Å².